The number of alkyl halides is 2. The molecule has 5 heterocycles. The Morgan fingerprint density at radius 1 is 0.955 bits per heavy atom. The largest absolute Gasteiger partial charge is 0.461 e. The van der Waals surface area contributed by atoms with Crippen LogP contribution in [0.3, 0.4) is 0 Å². The number of hydrogen-bond acceptors (Lipinski definition) is 8. The fraction of sp³-hybridized carbons (Fsp3) is 0.540. The Kier molecular flexibility index (Phi) is 12.9. The van der Waals surface area contributed by atoms with Crippen molar-refractivity contribution in [3.8, 4) is 34.4 Å². The molecule has 16 heteroatoms. The SMILES string of the molecule is CC(C)[Si](C#Cc1c(F)ccc2cccc(-c3c(F)c(OC(F)F)c4c(N5CC6CCC(C5)N6C(=O)OC(C)(C)C)nc(OC[C@@]56CCCN5C/C(=C\F)C6)nc4c3F)c12)(C(C)C)C(C)C. The number of anilines is 1. The van der Waals surface area contributed by atoms with Gasteiger partial charge in [-0.2, -0.15) is 18.7 Å². The first-order valence-electron chi connectivity index (χ1n) is 23.0. The van der Waals surface area contributed by atoms with Gasteiger partial charge in [-0.1, -0.05) is 71.7 Å². The van der Waals surface area contributed by atoms with E-state index < -0.39 is 83.7 Å². The predicted octanol–water partition coefficient (Wildman–Crippen LogP) is 12.1. The molecule has 0 radical (unpaired) electrons. The van der Waals surface area contributed by atoms with Crippen LogP contribution in [-0.4, -0.2) is 96.6 Å². The zero-order chi connectivity index (χ0) is 47.6. The van der Waals surface area contributed by atoms with Crippen molar-refractivity contribution in [2.45, 2.75) is 141 Å². The van der Waals surface area contributed by atoms with Crippen LogP contribution in [0.1, 0.15) is 100.0 Å². The number of halogens is 6. The Morgan fingerprint density at radius 3 is 2.26 bits per heavy atom. The molecule has 9 nitrogen and oxygen atoms in total. The molecule has 1 amide bonds. The maximum atomic E-state index is 18.0. The van der Waals surface area contributed by atoms with E-state index in [9.17, 15) is 18.0 Å². The maximum Gasteiger partial charge on any atom is 0.410 e. The number of piperazine rings is 1. The number of aromatic nitrogens is 2. The third-order valence-electron chi connectivity index (χ3n) is 14.4. The summed E-state index contributed by atoms with van der Waals surface area (Å²) in [7, 11) is -2.46. The molecule has 3 aromatic carbocycles. The van der Waals surface area contributed by atoms with Gasteiger partial charge in [-0.3, -0.25) is 9.80 Å². The molecular formula is C50H59F6N5O4Si. The molecule has 4 aromatic rings. The molecule has 354 valence electrons. The molecule has 4 fully saturated rings. The lowest BCUT2D eigenvalue weighted by atomic mass is 9.92. The van der Waals surface area contributed by atoms with Gasteiger partial charge in [0.15, 0.2) is 17.4 Å². The lowest BCUT2D eigenvalue weighted by molar-refractivity contribution is -0.0510. The van der Waals surface area contributed by atoms with E-state index in [0.717, 1.165) is 6.42 Å². The van der Waals surface area contributed by atoms with Crippen LogP contribution in [0.25, 0.3) is 32.8 Å². The Balaban J connectivity index is 1.35. The summed E-state index contributed by atoms with van der Waals surface area (Å²) in [4.78, 5) is 28.2. The van der Waals surface area contributed by atoms with Crippen LogP contribution in [0.2, 0.25) is 16.6 Å². The van der Waals surface area contributed by atoms with Gasteiger partial charge < -0.3 is 19.1 Å². The summed E-state index contributed by atoms with van der Waals surface area (Å²) < 4.78 is 112. The van der Waals surface area contributed by atoms with E-state index in [2.05, 4.69) is 62.9 Å². The molecule has 66 heavy (non-hydrogen) atoms. The van der Waals surface area contributed by atoms with Gasteiger partial charge in [-0.15, -0.1) is 5.54 Å². The standard InChI is InChI=1S/C50H59F6N5O4Si/c1-28(2)66(29(3)4,30(5)6)21-18-35-37(52)17-14-32-12-10-13-36(38(32)35)39-41(53)43-40(44(42(39)54)64-46(55)56)45(59-25-33-15-16-34(26-59)61(33)48(62)65-49(7,8)9)58-47(57-43)63-27-50-19-11-20-60(50)24-31(22-50)23-51/h10,12-14,17,23,28-30,33-34,46H,11,15-16,19-20,22,24-27H2,1-9H3/b31-23-/t33?,34?,50-/m0/s1. The summed E-state index contributed by atoms with van der Waals surface area (Å²) >= 11 is 0. The minimum absolute atomic E-state index is 0.00157. The number of rotatable bonds is 10. The van der Waals surface area contributed by atoms with Gasteiger partial charge in [-0.25, -0.2) is 22.4 Å². The van der Waals surface area contributed by atoms with E-state index in [1.807, 2.05) is 0 Å². The zero-order valence-corrected chi connectivity index (χ0v) is 40.1. The lowest BCUT2D eigenvalue weighted by Crippen LogP contribution is -2.57. The quantitative estimate of drug-likeness (QED) is 0.0884. The van der Waals surface area contributed by atoms with Gasteiger partial charge in [0, 0.05) is 25.0 Å². The van der Waals surface area contributed by atoms with E-state index in [1.165, 1.54) is 18.2 Å². The molecule has 0 spiro atoms. The van der Waals surface area contributed by atoms with Crippen molar-refractivity contribution >= 4 is 41.7 Å². The van der Waals surface area contributed by atoms with Crippen LogP contribution < -0.4 is 14.4 Å². The minimum atomic E-state index is -3.56. The maximum absolute atomic E-state index is 18.0. The molecule has 4 aliphatic rings. The molecule has 8 rings (SSSR count). The minimum Gasteiger partial charge on any atom is -0.461 e. The van der Waals surface area contributed by atoms with Crippen molar-refractivity contribution in [3.63, 3.8) is 0 Å². The molecule has 3 atom stereocenters. The van der Waals surface area contributed by atoms with Crippen LogP contribution in [-0.2, 0) is 4.74 Å². The van der Waals surface area contributed by atoms with Crippen molar-refractivity contribution in [2.24, 2.45) is 0 Å². The second-order valence-electron chi connectivity index (χ2n) is 20.4. The van der Waals surface area contributed by atoms with E-state index in [-0.39, 0.29) is 64.7 Å². The highest BCUT2D eigenvalue weighted by Gasteiger charge is 2.49. The highest BCUT2D eigenvalue weighted by Crippen LogP contribution is 2.48. The topological polar surface area (TPSA) is 80.3 Å². The van der Waals surface area contributed by atoms with Gasteiger partial charge in [-0.05, 0) is 98.6 Å². The number of carbonyl (C=O) groups excluding carboxylic acids is 1. The average Bonchev–Trinajstić information content (AvgIpc) is 3.89. The number of ether oxygens (including phenoxy) is 3. The number of amides is 1. The highest BCUT2D eigenvalue weighted by atomic mass is 28.3. The second-order valence-corrected chi connectivity index (χ2v) is 26.0. The Hall–Kier alpha value is -5.01. The first-order chi connectivity index (χ1) is 31.2. The van der Waals surface area contributed by atoms with E-state index in [4.69, 9.17) is 19.2 Å². The van der Waals surface area contributed by atoms with Gasteiger partial charge in [0.25, 0.3) is 0 Å². The highest BCUT2D eigenvalue weighted by molar-refractivity contribution is 6.90. The first kappa shape index (κ1) is 47.5. The number of nitrogens with zero attached hydrogens (tertiary/aromatic N) is 5. The number of benzene rings is 3. The lowest BCUT2D eigenvalue weighted by Gasteiger charge is -2.42. The molecule has 0 saturated carbocycles. The van der Waals surface area contributed by atoms with E-state index >= 15 is 13.2 Å². The third-order valence-corrected chi connectivity index (χ3v) is 20.7. The second kappa shape index (κ2) is 17.9. The summed E-state index contributed by atoms with van der Waals surface area (Å²) in [6.07, 6.45) is 3.20. The van der Waals surface area contributed by atoms with Gasteiger partial charge in [0.1, 0.15) is 37.4 Å². The third kappa shape index (κ3) is 8.36. The summed E-state index contributed by atoms with van der Waals surface area (Å²) in [6.45, 7) is 15.8. The van der Waals surface area contributed by atoms with Crippen molar-refractivity contribution < 1.29 is 45.3 Å². The number of hydrogen-bond donors (Lipinski definition) is 0. The molecule has 2 bridgehead atoms. The van der Waals surface area contributed by atoms with Gasteiger partial charge >= 0.3 is 18.7 Å². The van der Waals surface area contributed by atoms with Gasteiger partial charge in [0.2, 0.25) is 0 Å². The molecule has 0 aliphatic carbocycles. The zero-order valence-electron chi connectivity index (χ0n) is 39.1. The Labute approximate surface area is 383 Å². The van der Waals surface area contributed by atoms with Crippen LogP contribution in [0.4, 0.5) is 37.0 Å². The Morgan fingerprint density at radius 2 is 1.64 bits per heavy atom. The summed E-state index contributed by atoms with van der Waals surface area (Å²) in [5, 5.41) is 0.0655. The van der Waals surface area contributed by atoms with Gasteiger partial charge in [0.05, 0.1) is 40.5 Å². The van der Waals surface area contributed by atoms with E-state index in [0.29, 0.717) is 56.1 Å². The van der Waals surface area contributed by atoms with Crippen molar-refractivity contribution in [1.82, 2.24) is 19.8 Å². The van der Waals surface area contributed by atoms with Crippen LogP contribution >= 0.6 is 0 Å². The summed E-state index contributed by atoms with van der Waals surface area (Å²) in [6, 6.07) is 6.24. The summed E-state index contributed by atoms with van der Waals surface area (Å²) in [5.74, 6) is -1.36. The first-order valence-corrected chi connectivity index (χ1v) is 25.3. The molecule has 2 unspecified atom stereocenters. The molecular weight excluding hydrogens is 877 g/mol. The van der Waals surface area contributed by atoms with Crippen molar-refractivity contribution in [1.29, 1.82) is 0 Å². The Bertz CT molecular complexity index is 2610. The van der Waals surface area contributed by atoms with Crippen molar-refractivity contribution in [2.75, 3.05) is 37.7 Å². The van der Waals surface area contributed by atoms with Crippen molar-refractivity contribution in [3.05, 3.63) is 65.2 Å². The molecule has 1 aromatic heterocycles. The van der Waals surface area contributed by atoms with Crippen LogP contribution in [0, 0.1) is 28.9 Å². The number of fused-ring (bicyclic) bond motifs is 5. The number of carbonyl (C=O) groups is 1. The van der Waals surface area contributed by atoms with E-state index in [1.54, 1.807) is 42.7 Å². The summed E-state index contributed by atoms with van der Waals surface area (Å²) in [5.41, 5.74) is 1.84. The molecule has 4 aliphatic heterocycles. The van der Waals surface area contributed by atoms with Crippen LogP contribution in [0.15, 0.2) is 42.2 Å². The fourth-order valence-electron chi connectivity index (χ4n) is 11.6. The smallest absolute Gasteiger partial charge is 0.410 e. The van der Waals surface area contributed by atoms with Crippen LogP contribution in [0.5, 0.6) is 11.8 Å². The molecule has 4 saturated heterocycles. The average molecular weight is 936 g/mol. The molecule has 0 N–H and O–H groups in total. The monoisotopic (exact) mass is 935 g/mol. The normalized spacial score (nSPS) is 21.8. The fourth-order valence-corrected chi connectivity index (χ4v) is 16.8. The predicted molar refractivity (Wildman–Crippen MR) is 247 cm³/mol.